The molecule has 11 amide bonds. The quantitative estimate of drug-likeness (QED) is 0.0217. The Morgan fingerprint density at radius 1 is 0.635 bits per heavy atom. The Hall–Kier alpha value is -7.58. The number of nitrogens with zero attached hydrogens (tertiary/aromatic N) is 2. The summed E-state index contributed by atoms with van der Waals surface area (Å²) in [5.41, 5.74) is 15.2. The molecule has 2 aliphatic rings. The van der Waals surface area contributed by atoms with Crippen LogP contribution in [-0.4, -0.2) is 176 Å². The number of β-lactam (4-membered cyclic amide) rings is 1. The zero-order valence-corrected chi connectivity index (χ0v) is 49.4. The van der Waals surface area contributed by atoms with E-state index in [4.69, 9.17) is 20.9 Å². The summed E-state index contributed by atoms with van der Waals surface area (Å²) in [4.78, 5) is 144. The van der Waals surface area contributed by atoms with Crippen LogP contribution in [0.5, 0.6) is 0 Å². The van der Waals surface area contributed by atoms with Crippen molar-refractivity contribution >= 4 is 82.4 Å². The lowest BCUT2D eigenvalue weighted by atomic mass is 9.99. The molecule has 0 aliphatic carbocycles. The predicted molar refractivity (Wildman–Crippen MR) is 319 cm³/mol. The Balaban J connectivity index is 0.944. The Morgan fingerprint density at radius 2 is 1.27 bits per heavy atom. The number of anilines is 1. The molecule has 25 heteroatoms. The molecular formula is C60H83N11O13S. The molecule has 24 nitrogen and oxygen atoms in total. The van der Waals surface area contributed by atoms with Gasteiger partial charge in [-0.3, -0.25) is 62.5 Å². The van der Waals surface area contributed by atoms with Gasteiger partial charge >= 0.3 is 0 Å². The van der Waals surface area contributed by atoms with Gasteiger partial charge in [0.05, 0.1) is 50.7 Å². The Kier molecular flexibility index (Phi) is 29.7. The first kappa shape index (κ1) is 68.2. The molecule has 1 unspecified atom stereocenters. The monoisotopic (exact) mass is 1200 g/mol. The first-order valence-electron chi connectivity index (χ1n) is 29.0. The van der Waals surface area contributed by atoms with Crippen LogP contribution < -0.4 is 48.7 Å². The number of ether oxygens (including phenoxy) is 2. The number of rotatable bonds is 39. The summed E-state index contributed by atoms with van der Waals surface area (Å²) in [5, 5.41) is 18.4. The molecule has 2 saturated heterocycles. The SMILES string of the molecule is CC(C)C[C@@H](NC(=O)[C@@H](Cc1ccccc1)NC(=O)[C@H](N)Cc1ccccc1)C(=O)N[C@H](CCCCN)C(=O)NCC(=O)NCCSC1CC(=O)N(CCC(=O)NCCOCCOCCC(=O)Nc2ccc(CCC(=O)N3CCC3=O)cc2)C1=O. The summed E-state index contributed by atoms with van der Waals surface area (Å²) in [5.74, 6) is -4.54. The molecule has 462 valence electrons. The molecule has 5 rings (SSSR count). The van der Waals surface area contributed by atoms with Crippen LogP contribution in [0, 0.1) is 5.92 Å². The van der Waals surface area contributed by atoms with Crippen molar-refractivity contribution in [1.82, 2.24) is 41.7 Å². The molecule has 85 heavy (non-hydrogen) atoms. The average Bonchev–Trinajstić information content (AvgIpc) is 4.09. The van der Waals surface area contributed by atoms with Crippen LogP contribution >= 0.6 is 11.8 Å². The van der Waals surface area contributed by atoms with E-state index in [0.29, 0.717) is 44.5 Å². The van der Waals surface area contributed by atoms with Crippen LogP contribution in [0.15, 0.2) is 84.9 Å². The summed E-state index contributed by atoms with van der Waals surface area (Å²) in [6.45, 7) is 5.14. The fourth-order valence-corrected chi connectivity index (χ4v) is 10.1. The highest BCUT2D eigenvalue weighted by atomic mass is 32.2. The van der Waals surface area contributed by atoms with Gasteiger partial charge in [0.15, 0.2) is 0 Å². The maximum atomic E-state index is 14.0. The van der Waals surface area contributed by atoms with E-state index in [2.05, 4.69) is 37.2 Å². The zero-order valence-electron chi connectivity index (χ0n) is 48.6. The van der Waals surface area contributed by atoms with Gasteiger partial charge in [-0.15, -0.1) is 11.8 Å². The molecule has 5 atom stereocenters. The van der Waals surface area contributed by atoms with E-state index in [-0.39, 0.29) is 133 Å². The summed E-state index contributed by atoms with van der Waals surface area (Å²) >= 11 is 1.18. The number of thioether (sulfide) groups is 1. The summed E-state index contributed by atoms with van der Waals surface area (Å²) < 4.78 is 11.0. The molecule has 0 radical (unpaired) electrons. The molecule has 0 bridgehead atoms. The fraction of sp³-hybridized carbons (Fsp3) is 0.517. The van der Waals surface area contributed by atoms with Gasteiger partial charge in [0.1, 0.15) is 18.1 Å². The van der Waals surface area contributed by atoms with Gasteiger partial charge in [0.2, 0.25) is 65.0 Å². The highest BCUT2D eigenvalue weighted by Gasteiger charge is 2.39. The van der Waals surface area contributed by atoms with Gasteiger partial charge in [-0.2, -0.15) is 0 Å². The van der Waals surface area contributed by atoms with Gasteiger partial charge in [-0.05, 0) is 79.8 Å². The smallest absolute Gasteiger partial charge is 0.243 e. The van der Waals surface area contributed by atoms with Crippen molar-refractivity contribution in [2.24, 2.45) is 17.4 Å². The maximum absolute atomic E-state index is 14.0. The number of carbonyl (C=O) groups is 11. The van der Waals surface area contributed by atoms with Crippen LogP contribution in [0.3, 0.4) is 0 Å². The predicted octanol–water partition coefficient (Wildman–Crippen LogP) is 0.781. The van der Waals surface area contributed by atoms with Crippen LogP contribution in [0.25, 0.3) is 0 Å². The normalized spacial score (nSPS) is 15.3. The minimum atomic E-state index is -1.10. The van der Waals surface area contributed by atoms with Crippen LogP contribution in [0.1, 0.15) is 88.3 Å². The van der Waals surface area contributed by atoms with E-state index in [0.717, 1.165) is 21.6 Å². The van der Waals surface area contributed by atoms with Gasteiger partial charge in [0, 0.05) is 69.7 Å². The lowest BCUT2D eigenvalue weighted by Crippen LogP contribution is -2.58. The van der Waals surface area contributed by atoms with E-state index >= 15 is 0 Å². The number of nitrogens with two attached hydrogens (primary N) is 2. The van der Waals surface area contributed by atoms with E-state index < -0.39 is 77.3 Å². The third kappa shape index (κ3) is 24.9. The number of nitrogens with one attached hydrogen (secondary N) is 7. The minimum Gasteiger partial charge on any atom is -0.379 e. The maximum Gasteiger partial charge on any atom is 0.243 e. The molecule has 2 fully saturated rings. The first-order chi connectivity index (χ1) is 40.9. The Labute approximate surface area is 500 Å². The van der Waals surface area contributed by atoms with Gasteiger partial charge in [-0.25, -0.2) is 0 Å². The third-order valence-corrected chi connectivity index (χ3v) is 15.0. The summed E-state index contributed by atoms with van der Waals surface area (Å²) in [6.07, 6.45) is 2.87. The highest BCUT2D eigenvalue weighted by molar-refractivity contribution is 8.00. The van der Waals surface area contributed by atoms with Crippen molar-refractivity contribution in [2.45, 2.75) is 120 Å². The van der Waals surface area contributed by atoms with Gasteiger partial charge in [-0.1, -0.05) is 86.6 Å². The number of likely N-dealkylation sites (tertiary alicyclic amines) is 2. The number of amides is 11. The number of unbranched alkanes of at least 4 members (excludes halogenated alkanes) is 1. The van der Waals surface area contributed by atoms with Crippen LogP contribution in [0.4, 0.5) is 5.69 Å². The number of benzene rings is 3. The molecule has 0 aromatic heterocycles. The summed E-state index contributed by atoms with van der Waals surface area (Å²) in [6, 6.07) is 21.2. The number of hydrogen-bond acceptors (Lipinski definition) is 16. The topological polar surface area (TPSA) is 349 Å². The lowest BCUT2D eigenvalue weighted by molar-refractivity contribution is -0.152. The highest BCUT2D eigenvalue weighted by Crippen LogP contribution is 2.25. The van der Waals surface area contributed by atoms with Crippen LogP contribution in [0.2, 0.25) is 0 Å². The van der Waals surface area contributed by atoms with Crippen molar-refractivity contribution in [3.8, 4) is 0 Å². The molecule has 3 aromatic rings. The molecule has 11 N–H and O–H groups in total. The van der Waals surface area contributed by atoms with E-state index in [1.165, 1.54) is 16.7 Å². The molecule has 2 heterocycles. The first-order valence-corrected chi connectivity index (χ1v) is 30.0. The second-order valence-corrected chi connectivity index (χ2v) is 22.4. The van der Waals surface area contributed by atoms with Gasteiger partial charge < -0.3 is 58.2 Å². The lowest BCUT2D eigenvalue weighted by Gasteiger charge is -2.28. The van der Waals surface area contributed by atoms with Gasteiger partial charge in [0.25, 0.3) is 0 Å². The van der Waals surface area contributed by atoms with Crippen molar-refractivity contribution < 1.29 is 62.2 Å². The van der Waals surface area contributed by atoms with Crippen molar-refractivity contribution in [3.63, 3.8) is 0 Å². The Morgan fingerprint density at radius 3 is 1.92 bits per heavy atom. The van der Waals surface area contributed by atoms with Crippen molar-refractivity contribution in [3.05, 3.63) is 102 Å². The standard InChI is InChI=1S/C60H83N11O13S/c1-40(2)35-47(69-59(81)48(37-43-13-7-4-8-14-43)68-56(78)45(62)36-42-11-5-3-6-12-42)58(80)67-46(15-9-10-25-61)57(79)65-39-52(74)64-27-34-85-49-38-55(77)71(60(49)82)28-22-50(72)63-26-31-84-33-32-83-30-24-51(73)66-44-19-16-41(17-20-44)18-21-53(75)70-29-23-54(70)76/h3-8,11-14,16-17,19-20,40,45-49H,9-10,15,18,21-39,61-62H2,1-2H3,(H,63,72)(H,64,74)(H,65,79)(H,66,73)(H,67,80)(H,68,78)(H,69,81)/t45-,46-,47-,48-,49?/m1/s1. The number of imide groups is 2. The second kappa shape index (κ2) is 37.0. The largest absolute Gasteiger partial charge is 0.379 e. The molecule has 0 spiro atoms. The molecule has 3 aromatic carbocycles. The van der Waals surface area contributed by atoms with E-state index in [9.17, 15) is 52.7 Å². The van der Waals surface area contributed by atoms with Crippen LogP contribution in [-0.2, 0) is 81.5 Å². The summed E-state index contributed by atoms with van der Waals surface area (Å²) in [7, 11) is 0. The molecular weight excluding hydrogens is 1110 g/mol. The van der Waals surface area contributed by atoms with Crippen molar-refractivity contribution in [2.75, 3.05) is 76.8 Å². The Bertz CT molecular complexity index is 2700. The number of aryl methyl sites for hydroxylation is 1. The second-order valence-electron chi connectivity index (χ2n) is 21.1. The fourth-order valence-electron chi connectivity index (χ4n) is 9.06. The third-order valence-electron chi connectivity index (χ3n) is 13.8. The van der Waals surface area contributed by atoms with E-state index in [1.54, 1.807) is 12.1 Å². The molecule has 0 saturated carbocycles. The van der Waals surface area contributed by atoms with E-state index in [1.807, 2.05) is 86.6 Å². The number of carbonyl (C=O) groups excluding carboxylic acids is 11. The van der Waals surface area contributed by atoms with Crippen molar-refractivity contribution in [1.29, 1.82) is 0 Å². The zero-order chi connectivity index (χ0) is 61.5. The number of hydrogen-bond donors (Lipinski definition) is 9. The average molecular weight is 1200 g/mol. The minimum absolute atomic E-state index is 0.0621. The molecule has 2 aliphatic heterocycles.